The van der Waals surface area contributed by atoms with Crippen molar-refractivity contribution < 1.29 is 14.3 Å². The third-order valence-corrected chi connectivity index (χ3v) is 5.92. The predicted octanol–water partition coefficient (Wildman–Crippen LogP) is 2.64. The van der Waals surface area contributed by atoms with Crippen LogP contribution in [0.15, 0.2) is 60.8 Å². The van der Waals surface area contributed by atoms with Gasteiger partial charge in [0.05, 0.1) is 17.3 Å². The van der Waals surface area contributed by atoms with Crippen molar-refractivity contribution in [3.8, 4) is 5.75 Å². The number of carbonyl (C=O) groups excluding carboxylic acids is 2. The van der Waals surface area contributed by atoms with Gasteiger partial charge in [-0.15, -0.1) is 0 Å². The molecule has 7 nitrogen and oxygen atoms in total. The average molecular weight is 402 g/mol. The van der Waals surface area contributed by atoms with E-state index in [0.29, 0.717) is 17.1 Å². The van der Waals surface area contributed by atoms with Crippen LogP contribution in [0, 0.1) is 0 Å². The highest BCUT2D eigenvalue weighted by Crippen LogP contribution is 2.52. The lowest BCUT2D eigenvalue weighted by Gasteiger charge is -2.20. The molecule has 2 amide bonds. The summed E-state index contributed by atoms with van der Waals surface area (Å²) in [7, 11) is 1.68. The maximum atomic E-state index is 12.8. The number of likely N-dealkylation sites (N-methyl/N-ethyl adjacent to an activating group) is 1. The highest BCUT2D eigenvalue weighted by Gasteiger charge is 2.48. The molecule has 2 aromatic carbocycles. The van der Waals surface area contributed by atoms with E-state index in [9.17, 15) is 9.59 Å². The Morgan fingerprint density at radius 1 is 1.17 bits per heavy atom. The Labute approximate surface area is 174 Å². The quantitative estimate of drug-likeness (QED) is 0.702. The predicted molar refractivity (Wildman–Crippen MR) is 112 cm³/mol. The lowest BCUT2D eigenvalue weighted by molar-refractivity contribution is -0.120. The second kappa shape index (κ2) is 7.02. The number of imidazole rings is 1. The molecule has 2 heterocycles. The number of amides is 2. The molecule has 5 rings (SSSR count). The molecule has 3 aromatic rings. The Kier molecular flexibility index (Phi) is 4.31. The van der Waals surface area contributed by atoms with Gasteiger partial charge in [0.2, 0.25) is 0 Å². The van der Waals surface area contributed by atoms with Crippen LogP contribution in [0.4, 0.5) is 5.69 Å². The number of aromatic amines is 1. The highest BCUT2D eigenvalue weighted by atomic mass is 16.5. The number of fused-ring (bicyclic) bond motifs is 1. The number of H-pyrrole nitrogens is 1. The first-order valence-electron chi connectivity index (χ1n) is 10.00. The summed E-state index contributed by atoms with van der Waals surface area (Å²) < 4.78 is 5.76. The maximum absolute atomic E-state index is 12.8. The van der Waals surface area contributed by atoms with Crippen molar-refractivity contribution in [1.82, 2.24) is 15.3 Å². The summed E-state index contributed by atoms with van der Waals surface area (Å²) in [4.78, 5) is 34.8. The van der Waals surface area contributed by atoms with Gasteiger partial charge in [-0.05, 0) is 30.5 Å². The van der Waals surface area contributed by atoms with E-state index in [0.717, 1.165) is 18.7 Å². The molecule has 0 unspecified atom stereocenters. The number of para-hydroxylation sites is 2. The van der Waals surface area contributed by atoms with Gasteiger partial charge in [-0.3, -0.25) is 9.59 Å². The minimum absolute atomic E-state index is 0.0703. The summed E-state index contributed by atoms with van der Waals surface area (Å²) in [6.45, 7) is 0.0703. The summed E-state index contributed by atoms with van der Waals surface area (Å²) in [6, 6.07) is 16.7. The van der Waals surface area contributed by atoms with E-state index in [1.807, 2.05) is 42.5 Å². The van der Waals surface area contributed by atoms with Crippen LogP contribution < -0.4 is 15.0 Å². The number of hydrogen-bond donors (Lipinski definition) is 2. The Bertz CT molecular complexity index is 1100. The van der Waals surface area contributed by atoms with Gasteiger partial charge in [-0.25, -0.2) is 4.98 Å². The summed E-state index contributed by atoms with van der Waals surface area (Å²) in [5, 5.41) is 2.79. The summed E-state index contributed by atoms with van der Waals surface area (Å²) in [5.41, 5.74) is 2.06. The van der Waals surface area contributed by atoms with Gasteiger partial charge in [-0.1, -0.05) is 42.5 Å². The van der Waals surface area contributed by atoms with Gasteiger partial charge in [0.1, 0.15) is 29.9 Å². The molecule has 1 fully saturated rings. The highest BCUT2D eigenvalue weighted by molar-refractivity contribution is 6.02. The molecule has 1 aromatic heterocycles. The van der Waals surface area contributed by atoms with Crippen molar-refractivity contribution in [2.45, 2.75) is 24.3 Å². The Morgan fingerprint density at radius 2 is 1.90 bits per heavy atom. The molecule has 2 N–H and O–H groups in total. The Balaban J connectivity index is 1.33. The van der Waals surface area contributed by atoms with Crippen molar-refractivity contribution in [3.05, 3.63) is 77.9 Å². The molecule has 1 saturated carbocycles. The fraction of sp³-hybridized carbons (Fsp3) is 0.261. The van der Waals surface area contributed by atoms with Gasteiger partial charge >= 0.3 is 0 Å². The third-order valence-electron chi connectivity index (χ3n) is 5.92. The molecule has 1 aliphatic carbocycles. The SMILES string of the molecule is CN1C(=O)[C@@H](NC(=O)c2cnc(C3(c4ccccc4)CC3)[nH]2)COc2ccccc21. The number of carbonyl (C=O) groups is 2. The Morgan fingerprint density at radius 3 is 2.67 bits per heavy atom. The van der Waals surface area contributed by atoms with E-state index in [2.05, 4.69) is 27.4 Å². The molecule has 1 aliphatic heterocycles. The van der Waals surface area contributed by atoms with Crippen LogP contribution in [0.25, 0.3) is 0 Å². The molecule has 2 aliphatic rings. The first-order valence-corrected chi connectivity index (χ1v) is 10.00. The van der Waals surface area contributed by atoms with E-state index in [1.165, 1.54) is 16.7 Å². The number of nitrogens with zero attached hydrogens (tertiary/aromatic N) is 2. The number of anilines is 1. The number of benzene rings is 2. The lowest BCUT2D eigenvalue weighted by atomic mass is 9.95. The van der Waals surface area contributed by atoms with E-state index in [-0.39, 0.29) is 23.8 Å². The smallest absolute Gasteiger partial charge is 0.270 e. The van der Waals surface area contributed by atoms with Crippen molar-refractivity contribution in [1.29, 1.82) is 0 Å². The molecule has 30 heavy (non-hydrogen) atoms. The first kappa shape index (κ1) is 18.4. The van der Waals surface area contributed by atoms with Gasteiger partial charge < -0.3 is 19.9 Å². The van der Waals surface area contributed by atoms with E-state index in [4.69, 9.17) is 4.74 Å². The van der Waals surface area contributed by atoms with Crippen LogP contribution in [0.2, 0.25) is 0 Å². The standard InChI is InChI=1S/C23H22N4O3/c1-27-18-9-5-6-10-19(18)30-14-17(21(27)29)25-20(28)16-13-24-22(26-16)23(11-12-23)15-7-3-2-4-8-15/h2-10,13,17H,11-12,14H2,1H3,(H,24,26)(H,25,28)/t17-/m0/s1. The van der Waals surface area contributed by atoms with Crippen LogP contribution in [-0.4, -0.2) is 41.5 Å². The number of aromatic nitrogens is 2. The van der Waals surface area contributed by atoms with E-state index < -0.39 is 6.04 Å². The van der Waals surface area contributed by atoms with Crippen LogP contribution in [-0.2, 0) is 10.2 Å². The van der Waals surface area contributed by atoms with E-state index >= 15 is 0 Å². The van der Waals surface area contributed by atoms with Gasteiger partial charge in [0.15, 0.2) is 0 Å². The molecule has 0 spiro atoms. The Hall–Kier alpha value is -3.61. The molecule has 152 valence electrons. The zero-order valence-electron chi connectivity index (χ0n) is 16.6. The van der Waals surface area contributed by atoms with Gasteiger partial charge in [-0.2, -0.15) is 0 Å². The molecule has 1 atom stereocenters. The zero-order valence-corrected chi connectivity index (χ0v) is 16.6. The second-order valence-electron chi connectivity index (χ2n) is 7.80. The second-order valence-corrected chi connectivity index (χ2v) is 7.80. The van der Waals surface area contributed by atoms with Crippen molar-refractivity contribution in [2.75, 3.05) is 18.6 Å². The van der Waals surface area contributed by atoms with Crippen LogP contribution in [0.5, 0.6) is 5.75 Å². The average Bonchev–Trinajstić information content (AvgIpc) is 3.47. The van der Waals surface area contributed by atoms with Crippen molar-refractivity contribution >= 4 is 17.5 Å². The molecular formula is C23H22N4O3. The van der Waals surface area contributed by atoms with Crippen LogP contribution in [0.3, 0.4) is 0 Å². The molecule has 7 heteroatoms. The third kappa shape index (κ3) is 3.03. The number of ether oxygens (including phenoxy) is 1. The maximum Gasteiger partial charge on any atom is 0.270 e. The first-order chi connectivity index (χ1) is 14.6. The largest absolute Gasteiger partial charge is 0.489 e. The molecule has 0 radical (unpaired) electrons. The van der Waals surface area contributed by atoms with E-state index in [1.54, 1.807) is 7.05 Å². The number of rotatable bonds is 4. The monoisotopic (exact) mass is 402 g/mol. The summed E-state index contributed by atoms with van der Waals surface area (Å²) in [6.07, 6.45) is 3.52. The topological polar surface area (TPSA) is 87.3 Å². The van der Waals surface area contributed by atoms with Crippen molar-refractivity contribution in [3.63, 3.8) is 0 Å². The fourth-order valence-electron chi connectivity index (χ4n) is 4.02. The molecule has 0 saturated heterocycles. The number of nitrogens with one attached hydrogen (secondary N) is 2. The van der Waals surface area contributed by atoms with Crippen LogP contribution in [0.1, 0.15) is 34.7 Å². The molecular weight excluding hydrogens is 380 g/mol. The lowest BCUT2D eigenvalue weighted by Crippen LogP contribution is -2.49. The van der Waals surface area contributed by atoms with Crippen LogP contribution >= 0.6 is 0 Å². The zero-order chi connectivity index (χ0) is 20.7. The fourth-order valence-corrected chi connectivity index (χ4v) is 4.02. The number of hydrogen-bond acceptors (Lipinski definition) is 4. The normalized spacial score (nSPS) is 19.4. The minimum Gasteiger partial charge on any atom is -0.489 e. The summed E-state index contributed by atoms with van der Waals surface area (Å²) in [5.74, 6) is 0.800. The molecule has 0 bridgehead atoms. The van der Waals surface area contributed by atoms with Gasteiger partial charge in [0.25, 0.3) is 11.8 Å². The van der Waals surface area contributed by atoms with Gasteiger partial charge in [0, 0.05) is 7.05 Å². The summed E-state index contributed by atoms with van der Waals surface area (Å²) >= 11 is 0. The van der Waals surface area contributed by atoms with Crippen molar-refractivity contribution in [2.24, 2.45) is 0 Å². The minimum atomic E-state index is -0.786.